The molecule has 1 heterocycles. The second-order valence-corrected chi connectivity index (χ2v) is 8.69. The van der Waals surface area contributed by atoms with Crippen molar-refractivity contribution in [1.29, 1.82) is 0 Å². The predicted octanol–water partition coefficient (Wildman–Crippen LogP) is 5.56. The Kier molecular flexibility index (Phi) is 11.6. The molecule has 0 unspecified atom stereocenters. The number of unbranched alkanes of at least 4 members (excludes halogenated alkanes) is 1. The SMILES string of the molecule is CCCCOc1ccc(CCC(=O)Nc2sc(C(=O)OCC)c(C)c2C(=O)OCC)cc1OCC. The molecule has 192 valence electrons. The third-order valence-corrected chi connectivity index (χ3v) is 6.23. The summed E-state index contributed by atoms with van der Waals surface area (Å²) in [4.78, 5) is 37.9. The highest BCUT2D eigenvalue weighted by atomic mass is 32.1. The summed E-state index contributed by atoms with van der Waals surface area (Å²) in [6.07, 6.45) is 2.64. The van der Waals surface area contributed by atoms with Gasteiger partial charge in [-0.3, -0.25) is 4.79 Å². The number of carbonyl (C=O) groups excluding carboxylic acids is 3. The van der Waals surface area contributed by atoms with Gasteiger partial charge in [-0.1, -0.05) is 19.4 Å². The van der Waals surface area contributed by atoms with Crippen LogP contribution in [0.3, 0.4) is 0 Å². The van der Waals surface area contributed by atoms with Crippen molar-refractivity contribution in [2.24, 2.45) is 0 Å². The van der Waals surface area contributed by atoms with Crippen LogP contribution >= 0.6 is 11.3 Å². The lowest BCUT2D eigenvalue weighted by molar-refractivity contribution is -0.116. The Labute approximate surface area is 210 Å². The first-order chi connectivity index (χ1) is 16.9. The Morgan fingerprint density at radius 1 is 0.914 bits per heavy atom. The summed E-state index contributed by atoms with van der Waals surface area (Å²) in [7, 11) is 0. The highest BCUT2D eigenvalue weighted by Gasteiger charge is 2.27. The van der Waals surface area contributed by atoms with Gasteiger partial charge in [-0.05, 0) is 63.8 Å². The molecule has 8 nitrogen and oxygen atoms in total. The van der Waals surface area contributed by atoms with Gasteiger partial charge in [0.15, 0.2) is 11.5 Å². The molecule has 0 spiro atoms. The second-order valence-electron chi connectivity index (χ2n) is 7.67. The van der Waals surface area contributed by atoms with Crippen LogP contribution in [0.2, 0.25) is 0 Å². The Morgan fingerprint density at radius 3 is 2.29 bits per heavy atom. The zero-order valence-electron chi connectivity index (χ0n) is 21.2. The normalized spacial score (nSPS) is 10.5. The van der Waals surface area contributed by atoms with E-state index in [0.29, 0.717) is 36.7 Å². The first kappa shape index (κ1) is 28.2. The lowest BCUT2D eigenvalue weighted by Gasteiger charge is -2.13. The van der Waals surface area contributed by atoms with Gasteiger partial charge in [-0.25, -0.2) is 9.59 Å². The number of thiophene rings is 1. The molecule has 0 fully saturated rings. The minimum atomic E-state index is -0.591. The fourth-order valence-electron chi connectivity index (χ4n) is 3.31. The highest BCUT2D eigenvalue weighted by molar-refractivity contribution is 7.18. The first-order valence-corrected chi connectivity index (χ1v) is 12.8. The van der Waals surface area contributed by atoms with Crippen molar-refractivity contribution in [2.45, 2.75) is 60.3 Å². The Balaban J connectivity index is 2.14. The van der Waals surface area contributed by atoms with Crippen molar-refractivity contribution in [1.82, 2.24) is 0 Å². The van der Waals surface area contributed by atoms with Crippen LogP contribution in [0.15, 0.2) is 18.2 Å². The Hall–Kier alpha value is -3.07. The Bertz CT molecular complexity index is 1020. The summed E-state index contributed by atoms with van der Waals surface area (Å²) < 4.78 is 21.7. The Morgan fingerprint density at radius 2 is 1.63 bits per heavy atom. The molecular weight excluding hydrogens is 470 g/mol. The average molecular weight is 506 g/mol. The number of benzene rings is 1. The molecule has 0 radical (unpaired) electrons. The molecule has 2 rings (SSSR count). The number of hydrogen-bond acceptors (Lipinski definition) is 8. The number of hydrogen-bond donors (Lipinski definition) is 1. The van der Waals surface area contributed by atoms with E-state index in [9.17, 15) is 14.4 Å². The molecule has 9 heteroatoms. The minimum absolute atomic E-state index is 0.176. The fraction of sp³-hybridized carbons (Fsp3) is 0.500. The quantitative estimate of drug-likeness (QED) is 0.265. The minimum Gasteiger partial charge on any atom is -0.490 e. The van der Waals surface area contributed by atoms with Crippen LogP contribution in [-0.4, -0.2) is 44.3 Å². The monoisotopic (exact) mass is 505 g/mol. The van der Waals surface area contributed by atoms with Crippen molar-refractivity contribution in [3.05, 3.63) is 39.8 Å². The summed E-state index contributed by atoms with van der Waals surface area (Å²) in [5, 5.41) is 3.06. The molecule has 1 N–H and O–H groups in total. The van der Waals surface area contributed by atoms with E-state index < -0.39 is 11.9 Å². The van der Waals surface area contributed by atoms with Gasteiger partial charge < -0.3 is 24.3 Å². The lowest BCUT2D eigenvalue weighted by atomic mass is 10.1. The van der Waals surface area contributed by atoms with E-state index in [4.69, 9.17) is 18.9 Å². The van der Waals surface area contributed by atoms with Gasteiger partial charge in [0.1, 0.15) is 9.88 Å². The topological polar surface area (TPSA) is 100 Å². The average Bonchev–Trinajstić information content (AvgIpc) is 3.15. The van der Waals surface area contributed by atoms with E-state index in [1.807, 2.05) is 25.1 Å². The van der Waals surface area contributed by atoms with Gasteiger partial charge in [-0.15, -0.1) is 11.3 Å². The molecule has 0 saturated heterocycles. The number of anilines is 1. The van der Waals surface area contributed by atoms with E-state index in [1.54, 1.807) is 20.8 Å². The van der Waals surface area contributed by atoms with Gasteiger partial charge in [0, 0.05) is 6.42 Å². The molecule has 0 bridgehead atoms. The largest absolute Gasteiger partial charge is 0.490 e. The van der Waals surface area contributed by atoms with Crippen LogP contribution in [0, 0.1) is 6.92 Å². The fourth-order valence-corrected chi connectivity index (χ4v) is 4.42. The maximum Gasteiger partial charge on any atom is 0.348 e. The molecule has 2 aromatic rings. The van der Waals surface area contributed by atoms with Gasteiger partial charge in [0.05, 0.1) is 32.0 Å². The van der Waals surface area contributed by atoms with E-state index in [-0.39, 0.29) is 41.0 Å². The summed E-state index contributed by atoms with van der Waals surface area (Å²) in [6.45, 7) is 10.6. The molecule has 0 aliphatic heterocycles. The summed E-state index contributed by atoms with van der Waals surface area (Å²) in [6, 6.07) is 5.66. The van der Waals surface area contributed by atoms with Crippen molar-refractivity contribution in [3.63, 3.8) is 0 Å². The zero-order chi connectivity index (χ0) is 25.8. The molecular formula is C26H35NO7S. The molecule has 0 saturated carbocycles. The summed E-state index contributed by atoms with van der Waals surface area (Å²) >= 11 is 1.01. The number of rotatable bonds is 14. The standard InChI is InChI=1S/C26H35NO7S/c1-6-10-15-34-19-13-11-18(16-20(19)31-7-2)12-14-21(28)27-24-22(25(29)32-8-3)17(5)23(35-24)26(30)33-9-4/h11,13,16H,6-10,12,14-15H2,1-5H3,(H,27,28). The van der Waals surface area contributed by atoms with Crippen LogP contribution in [0.4, 0.5) is 5.00 Å². The number of esters is 2. The van der Waals surface area contributed by atoms with E-state index >= 15 is 0 Å². The number of aryl methyl sites for hydroxylation is 1. The molecule has 1 aromatic heterocycles. The van der Waals surface area contributed by atoms with Crippen molar-refractivity contribution in [3.8, 4) is 11.5 Å². The molecule has 0 aliphatic rings. The second kappa shape index (κ2) is 14.4. The van der Waals surface area contributed by atoms with Crippen LogP contribution in [0.5, 0.6) is 11.5 Å². The summed E-state index contributed by atoms with van der Waals surface area (Å²) in [5.74, 6) is -0.0708. The van der Waals surface area contributed by atoms with Gasteiger partial charge in [0.2, 0.25) is 5.91 Å². The number of ether oxygens (including phenoxy) is 4. The van der Waals surface area contributed by atoms with Gasteiger partial charge in [0.25, 0.3) is 0 Å². The predicted molar refractivity (Wildman–Crippen MR) is 136 cm³/mol. The van der Waals surface area contributed by atoms with Crippen molar-refractivity contribution >= 4 is 34.2 Å². The lowest BCUT2D eigenvalue weighted by Crippen LogP contribution is -2.15. The van der Waals surface area contributed by atoms with E-state index in [1.165, 1.54) is 0 Å². The molecule has 0 aliphatic carbocycles. The third kappa shape index (κ3) is 7.99. The maximum absolute atomic E-state index is 12.8. The van der Waals surface area contributed by atoms with Gasteiger partial charge >= 0.3 is 11.9 Å². The zero-order valence-corrected chi connectivity index (χ0v) is 22.0. The van der Waals surface area contributed by atoms with E-state index in [2.05, 4.69) is 12.2 Å². The first-order valence-electron chi connectivity index (χ1n) is 12.0. The molecule has 1 amide bonds. The maximum atomic E-state index is 12.8. The summed E-state index contributed by atoms with van der Waals surface area (Å²) in [5.41, 5.74) is 1.54. The molecule has 35 heavy (non-hydrogen) atoms. The third-order valence-electron chi connectivity index (χ3n) is 5.04. The number of nitrogens with one attached hydrogen (secondary N) is 1. The van der Waals surface area contributed by atoms with Crippen LogP contribution in [-0.2, 0) is 20.7 Å². The van der Waals surface area contributed by atoms with Crippen LogP contribution < -0.4 is 14.8 Å². The molecule has 1 aromatic carbocycles. The van der Waals surface area contributed by atoms with Crippen molar-refractivity contribution < 1.29 is 33.3 Å². The highest BCUT2D eigenvalue weighted by Crippen LogP contribution is 2.35. The van der Waals surface area contributed by atoms with Crippen LogP contribution in [0.1, 0.15) is 78.1 Å². The van der Waals surface area contributed by atoms with Gasteiger partial charge in [-0.2, -0.15) is 0 Å². The van der Waals surface area contributed by atoms with Crippen LogP contribution in [0.25, 0.3) is 0 Å². The van der Waals surface area contributed by atoms with E-state index in [0.717, 1.165) is 29.7 Å². The van der Waals surface area contributed by atoms with Crippen molar-refractivity contribution in [2.75, 3.05) is 31.7 Å². The molecule has 0 atom stereocenters. The number of carbonyl (C=O) groups is 3. The smallest absolute Gasteiger partial charge is 0.348 e. The number of amides is 1.